The van der Waals surface area contributed by atoms with Crippen LogP contribution < -0.4 is 9.47 Å². The van der Waals surface area contributed by atoms with Crippen molar-refractivity contribution in [3.63, 3.8) is 0 Å². The third kappa shape index (κ3) is 5.14. The molecule has 2 atom stereocenters. The van der Waals surface area contributed by atoms with Gasteiger partial charge in [-0.15, -0.1) is 0 Å². The fraction of sp³-hybridized carbons (Fsp3) is 0.692. The molecule has 1 saturated heterocycles. The van der Waals surface area contributed by atoms with Crippen molar-refractivity contribution in [2.24, 2.45) is 10.8 Å². The van der Waals surface area contributed by atoms with Gasteiger partial charge in [-0.05, 0) is 104 Å². The number of hydrogen-bond donors (Lipinski definition) is 0. The Hall–Kier alpha value is -1.88. The molecule has 31 heavy (non-hydrogen) atoms. The Bertz CT molecular complexity index is 829. The molecule has 0 bridgehead atoms. The van der Waals surface area contributed by atoms with Crippen LogP contribution in [-0.2, 0) is 16.0 Å². The molecule has 172 valence electrons. The Kier molecular flexibility index (Phi) is 6.85. The first-order chi connectivity index (χ1) is 14.4. The first-order valence-corrected chi connectivity index (χ1v) is 11.8. The molecule has 1 heterocycles. The molecule has 0 aromatic heterocycles. The van der Waals surface area contributed by atoms with E-state index in [2.05, 4.69) is 17.9 Å². The van der Waals surface area contributed by atoms with Gasteiger partial charge in [0, 0.05) is 11.6 Å². The molecule has 1 fully saturated rings. The van der Waals surface area contributed by atoms with Crippen LogP contribution in [0.3, 0.4) is 0 Å². The minimum Gasteiger partial charge on any atom is -0.422 e. The summed E-state index contributed by atoms with van der Waals surface area (Å²) in [5.74, 6) is 0.592. The lowest BCUT2D eigenvalue weighted by molar-refractivity contribution is -0.145. The van der Waals surface area contributed by atoms with Gasteiger partial charge in [0.1, 0.15) is 0 Å². The normalized spacial score (nSPS) is 21.8. The van der Waals surface area contributed by atoms with E-state index in [0.717, 1.165) is 44.3 Å². The second-order valence-corrected chi connectivity index (χ2v) is 11.1. The number of carbonyl (C=O) groups is 2. The van der Waals surface area contributed by atoms with Gasteiger partial charge < -0.3 is 9.47 Å². The summed E-state index contributed by atoms with van der Waals surface area (Å²) in [5.41, 5.74) is 1.00. The molecule has 0 radical (unpaired) electrons. The number of likely N-dealkylation sites (tertiary alicyclic amines) is 1. The van der Waals surface area contributed by atoms with Gasteiger partial charge in [-0.1, -0.05) is 13.0 Å². The first kappa shape index (κ1) is 23.8. The molecule has 0 N–H and O–H groups in total. The highest BCUT2D eigenvalue weighted by Crippen LogP contribution is 2.47. The summed E-state index contributed by atoms with van der Waals surface area (Å²) in [7, 11) is 0. The fourth-order valence-electron chi connectivity index (χ4n) is 4.65. The third-order valence-corrected chi connectivity index (χ3v) is 6.38. The Balaban J connectivity index is 2.02. The lowest BCUT2D eigenvalue weighted by Gasteiger charge is -2.45. The van der Waals surface area contributed by atoms with Crippen LogP contribution in [0, 0.1) is 10.8 Å². The number of nitrogens with zero attached hydrogens (tertiary/aromatic N) is 1. The average molecular weight is 430 g/mol. The Morgan fingerprint density at radius 2 is 1.65 bits per heavy atom. The number of rotatable bonds is 4. The van der Waals surface area contributed by atoms with E-state index in [9.17, 15) is 9.59 Å². The van der Waals surface area contributed by atoms with Gasteiger partial charge >= 0.3 is 11.9 Å². The molecule has 0 amide bonds. The lowest BCUT2D eigenvalue weighted by atomic mass is 9.74. The number of fused-ring (bicyclic) bond motifs is 3. The maximum Gasteiger partial charge on any atom is 0.316 e. The molecule has 5 nitrogen and oxygen atoms in total. The highest BCUT2D eigenvalue weighted by atomic mass is 16.6. The second kappa shape index (κ2) is 8.93. The summed E-state index contributed by atoms with van der Waals surface area (Å²) in [6, 6.07) is 4.46. The van der Waals surface area contributed by atoms with Crippen LogP contribution in [0.15, 0.2) is 12.1 Å². The second-order valence-electron chi connectivity index (χ2n) is 11.1. The standard InChI is InChI=1S/C26H39NO4/c1-8-15-27-16-9-10-18-17-12-14-21(30-23(28)25(2,3)4)22(19(17)11-13-20(18)27)31-24(29)26(5,6)7/h12,14,18,20H,8-11,13,15-16H2,1-7H3/t18-,20-/m1/s1. The van der Waals surface area contributed by atoms with Crippen molar-refractivity contribution in [3.05, 3.63) is 23.3 Å². The SMILES string of the molecule is CCCN1CCC[C@@H]2c3ccc(OC(=O)C(C)(C)C)c(OC(=O)C(C)(C)C)c3CC[C@H]21. The summed E-state index contributed by atoms with van der Waals surface area (Å²) in [6.45, 7) is 15.5. The monoisotopic (exact) mass is 429 g/mol. The summed E-state index contributed by atoms with van der Waals surface area (Å²) < 4.78 is 11.7. The summed E-state index contributed by atoms with van der Waals surface area (Å²) in [5, 5.41) is 0. The van der Waals surface area contributed by atoms with E-state index in [1.54, 1.807) is 0 Å². The van der Waals surface area contributed by atoms with Crippen molar-refractivity contribution in [1.29, 1.82) is 0 Å². The zero-order valence-electron chi connectivity index (χ0n) is 20.3. The number of carbonyl (C=O) groups excluding carboxylic acids is 2. The molecule has 0 unspecified atom stereocenters. The van der Waals surface area contributed by atoms with Gasteiger partial charge in [-0.3, -0.25) is 14.5 Å². The highest BCUT2D eigenvalue weighted by Gasteiger charge is 2.39. The van der Waals surface area contributed by atoms with Gasteiger partial charge in [-0.2, -0.15) is 0 Å². The van der Waals surface area contributed by atoms with Gasteiger partial charge in [0.15, 0.2) is 11.5 Å². The summed E-state index contributed by atoms with van der Waals surface area (Å²) >= 11 is 0. The Morgan fingerprint density at radius 1 is 1.00 bits per heavy atom. The predicted molar refractivity (Wildman–Crippen MR) is 123 cm³/mol. The van der Waals surface area contributed by atoms with E-state index in [1.165, 1.54) is 12.0 Å². The Labute approximate surface area is 187 Å². The molecule has 5 heteroatoms. The number of esters is 2. The highest BCUT2D eigenvalue weighted by molar-refractivity contribution is 5.82. The van der Waals surface area contributed by atoms with E-state index in [4.69, 9.17) is 9.47 Å². The lowest BCUT2D eigenvalue weighted by Crippen LogP contribution is -2.46. The van der Waals surface area contributed by atoms with Crippen LogP contribution in [0.5, 0.6) is 11.5 Å². The molecule has 1 aromatic rings. The number of hydrogen-bond acceptors (Lipinski definition) is 5. The molecular weight excluding hydrogens is 390 g/mol. The maximum absolute atomic E-state index is 12.8. The van der Waals surface area contributed by atoms with Gasteiger partial charge in [0.2, 0.25) is 0 Å². The van der Waals surface area contributed by atoms with Crippen molar-refractivity contribution < 1.29 is 19.1 Å². The quantitative estimate of drug-likeness (QED) is 0.468. The molecular formula is C26H39NO4. The van der Waals surface area contributed by atoms with E-state index >= 15 is 0 Å². The molecule has 0 saturated carbocycles. The Morgan fingerprint density at radius 3 is 2.26 bits per heavy atom. The van der Waals surface area contributed by atoms with Crippen molar-refractivity contribution in [1.82, 2.24) is 4.90 Å². The summed E-state index contributed by atoms with van der Waals surface area (Å²) in [6.07, 6.45) is 5.34. The van der Waals surface area contributed by atoms with E-state index < -0.39 is 10.8 Å². The predicted octanol–water partition coefficient (Wildman–Crippen LogP) is 5.49. The molecule has 1 aliphatic carbocycles. The fourth-order valence-corrected chi connectivity index (χ4v) is 4.65. The minimum absolute atomic E-state index is 0.313. The molecule has 0 spiro atoms. The van der Waals surface area contributed by atoms with Crippen molar-refractivity contribution in [2.75, 3.05) is 13.1 Å². The van der Waals surface area contributed by atoms with Crippen LogP contribution in [0.4, 0.5) is 0 Å². The number of piperidine rings is 1. The van der Waals surface area contributed by atoms with Crippen LogP contribution in [0.1, 0.15) is 91.2 Å². The maximum atomic E-state index is 12.8. The van der Waals surface area contributed by atoms with Crippen LogP contribution in [-0.4, -0.2) is 36.0 Å². The van der Waals surface area contributed by atoms with Gasteiger partial charge in [-0.25, -0.2) is 0 Å². The molecule has 1 aliphatic heterocycles. The molecule has 1 aromatic carbocycles. The van der Waals surface area contributed by atoms with E-state index in [-0.39, 0.29) is 11.9 Å². The summed E-state index contributed by atoms with van der Waals surface area (Å²) in [4.78, 5) is 28.0. The van der Waals surface area contributed by atoms with Gasteiger partial charge in [0.05, 0.1) is 10.8 Å². The van der Waals surface area contributed by atoms with Crippen LogP contribution >= 0.6 is 0 Å². The van der Waals surface area contributed by atoms with Gasteiger partial charge in [0.25, 0.3) is 0 Å². The zero-order valence-corrected chi connectivity index (χ0v) is 20.3. The smallest absolute Gasteiger partial charge is 0.316 e. The molecule has 2 aliphatic rings. The van der Waals surface area contributed by atoms with Crippen LogP contribution in [0.2, 0.25) is 0 Å². The van der Waals surface area contributed by atoms with E-state index in [0.29, 0.717) is 23.5 Å². The number of benzene rings is 1. The van der Waals surface area contributed by atoms with Crippen LogP contribution in [0.25, 0.3) is 0 Å². The molecule has 3 rings (SSSR count). The van der Waals surface area contributed by atoms with Crippen molar-refractivity contribution >= 4 is 11.9 Å². The number of ether oxygens (including phenoxy) is 2. The zero-order chi connectivity index (χ0) is 23.0. The van der Waals surface area contributed by atoms with Crippen molar-refractivity contribution in [2.45, 2.75) is 92.5 Å². The topological polar surface area (TPSA) is 55.8 Å². The largest absolute Gasteiger partial charge is 0.422 e. The third-order valence-electron chi connectivity index (χ3n) is 6.38. The van der Waals surface area contributed by atoms with Crippen molar-refractivity contribution in [3.8, 4) is 11.5 Å². The van der Waals surface area contributed by atoms with E-state index in [1.807, 2.05) is 47.6 Å². The average Bonchev–Trinajstić information content (AvgIpc) is 2.68. The first-order valence-electron chi connectivity index (χ1n) is 11.8. The minimum atomic E-state index is -0.645.